The summed E-state index contributed by atoms with van der Waals surface area (Å²) in [5.74, 6) is 2.76. The Kier molecular flexibility index (Phi) is 6.52. The van der Waals surface area contributed by atoms with E-state index >= 15 is 0 Å². The second-order valence-corrected chi connectivity index (χ2v) is 14.0. The zero-order valence-corrected chi connectivity index (χ0v) is 28.8. The standard InChI is InChI=1S/C48H31N3O2/c1-28-22-24-42-45(44-33(19-11-21-41(44)53-42)31-23-25-40-37(26-31)36-18-9-10-20-39(36)52-40)43(28)48-50-46(29-12-3-2-4-13-29)49-47(51-48)38-27-30-14-5-6-15-32(30)34-16-7-8-17-35(34)38/h2-28,43H,1H3. The Labute approximate surface area is 304 Å². The fourth-order valence-corrected chi connectivity index (χ4v) is 8.34. The van der Waals surface area contributed by atoms with E-state index in [9.17, 15) is 0 Å². The van der Waals surface area contributed by atoms with Gasteiger partial charge in [-0.15, -0.1) is 0 Å². The van der Waals surface area contributed by atoms with Crippen LogP contribution in [-0.2, 0) is 0 Å². The molecule has 53 heavy (non-hydrogen) atoms. The normalized spacial score (nSPS) is 15.6. The van der Waals surface area contributed by atoms with Gasteiger partial charge in [0.2, 0.25) is 0 Å². The molecule has 5 nitrogen and oxygen atoms in total. The monoisotopic (exact) mass is 681 g/mol. The number of hydrogen-bond donors (Lipinski definition) is 0. The molecule has 10 aromatic rings. The van der Waals surface area contributed by atoms with Gasteiger partial charge in [-0.1, -0.05) is 128 Å². The largest absolute Gasteiger partial charge is 0.456 e. The molecule has 0 amide bonds. The van der Waals surface area contributed by atoms with Gasteiger partial charge in [0.25, 0.3) is 0 Å². The minimum atomic E-state index is -0.188. The van der Waals surface area contributed by atoms with Crippen molar-refractivity contribution >= 4 is 60.5 Å². The summed E-state index contributed by atoms with van der Waals surface area (Å²) in [6, 6.07) is 50.5. The van der Waals surface area contributed by atoms with Gasteiger partial charge in [0.15, 0.2) is 11.6 Å². The summed E-state index contributed by atoms with van der Waals surface area (Å²) in [6.07, 6.45) is 4.33. The Bertz CT molecular complexity index is 3100. The van der Waals surface area contributed by atoms with E-state index in [0.717, 1.165) is 83.1 Å². The molecule has 1 aliphatic carbocycles. The highest BCUT2D eigenvalue weighted by molar-refractivity contribution is 6.13. The lowest BCUT2D eigenvalue weighted by Crippen LogP contribution is -2.18. The summed E-state index contributed by atoms with van der Waals surface area (Å²) in [4.78, 5) is 15.9. The fourth-order valence-electron chi connectivity index (χ4n) is 8.34. The molecule has 3 aromatic heterocycles. The van der Waals surface area contributed by atoms with Gasteiger partial charge in [-0.3, -0.25) is 0 Å². The van der Waals surface area contributed by atoms with Crippen molar-refractivity contribution in [3.63, 3.8) is 0 Å². The summed E-state index contributed by atoms with van der Waals surface area (Å²) in [6.45, 7) is 2.24. The van der Waals surface area contributed by atoms with Crippen molar-refractivity contribution in [2.24, 2.45) is 5.92 Å². The maximum Gasteiger partial charge on any atom is 0.164 e. The van der Waals surface area contributed by atoms with Crippen LogP contribution in [0.25, 0.3) is 94.4 Å². The summed E-state index contributed by atoms with van der Waals surface area (Å²) in [5.41, 5.74) is 7.83. The number of para-hydroxylation sites is 1. The average Bonchev–Trinajstić information content (AvgIpc) is 3.79. The number of aromatic nitrogens is 3. The Hall–Kier alpha value is -6.85. The van der Waals surface area contributed by atoms with Crippen molar-refractivity contribution in [1.29, 1.82) is 0 Å². The second-order valence-electron chi connectivity index (χ2n) is 14.0. The average molecular weight is 682 g/mol. The second kappa shape index (κ2) is 11.6. The van der Waals surface area contributed by atoms with Crippen LogP contribution in [0.4, 0.5) is 0 Å². The lowest BCUT2D eigenvalue weighted by atomic mass is 9.79. The van der Waals surface area contributed by atoms with Crippen molar-refractivity contribution in [3.05, 3.63) is 169 Å². The molecule has 5 heteroatoms. The molecule has 7 aromatic carbocycles. The van der Waals surface area contributed by atoms with Crippen LogP contribution in [0.2, 0.25) is 0 Å². The number of furan rings is 2. The van der Waals surface area contributed by atoms with Crippen LogP contribution in [-0.4, -0.2) is 15.0 Å². The Morgan fingerprint density at radius 3 is 2.09 bits per heavy atom. The zero-order valence-electron chi connectivity index (χ0n) is 28.8. The van der Waals surface area contributed by atoms with Crippen LogP contribution in [0, 0.1) is 5.92 Å². The minimum absolute atomic E-state index is 0.0869. The molecule has 1 aliphatic rings. The summed E-state index contributed by atoms with van der Waals surface area (Å²) in [5, 5.41) is 7.91. The Morgan fingerprint density at radius 1 is 0.491 bits per heavy atom. The van der Waals surface area contributed by atoms with Crippen molar-refractivity contribution in [2.75, 3.05) is 0 Å². The first-order valence-electron chi connectivity index (χ1n) is 18.1. The van der Waals surface area contributed by atoms with Crippen LogP contribution < -0.4 is 0 Å². The van der Waals surface area contributed by atoms with Crippen molar-refractivity contribution in [3.8, 4) is 33.9 Å². The van der Waals surface area contributed by atoms with Gasteiger partial charge in [0.1, 0.15) is 28.3 Å². The summed E-state index contributed by atoms with van der Waals surface area (Å²) in [7, 11) is 0. The van der Waals surface area contributed by atoms with E-state index < -0.39 is 0 Å². The predicted molar refractivity (Wildman–Crippen MR) is 215 cm³/mol. The van der Waals surface area contributed by atoms with Crippen molar-refractivity contribution in [1.82, 2.24) is 15.0 Å². The van der Waals surface area contributed by atoms with Gasteiger partial charge in [0.05, 0.1) is 5.92 Å². The third kappa shape index (κ3) is 4.67. The molecule has 3 heterocycles. The van der Waals surface area contributed by atoms with Gasteiger partial charge >= 0.3 is 0 Å². The lowest BCUT2D eigenvalue weighted by Gasteiger charge is -2.25. The maximum atomic E-state index is 6.65. The van der Waals surface area contributed by atoms with E-state index in [1.54, 1.807) is 0 Å². The van der Waals surface area contributed by atoms with Gasteiger partial charge in [-0.05, 0) is 75.0 Å². The smallest absolute Gasteiger partial charge is 0.164 e. The number of rotatable bonds is 4. The molecule has 0 spiro atoms. The van der Waals surface area contributed by atoms with E-state index in [2.05, 4.69) is 134 Å². The number of benzene rings is 7. The highest BCUT2D eigenvalue weighted by Crippen LogP contribution is 2.47. The summed E-state index contributed by atoms with van der Waals surface area (Å²) < 4.78 is 12.8. The third-order valence-corrected chi connectivity index (χ3v) is 10.8. The molecule has 0 aliphatic heterocycles. The number of fused-ring (bicyclic) bond motifs is 9. The molecule has 0 saturated carbocycles. The van der Waals surface area contributed by atoms with Gasteiger partial charge in [0, 0.05) is 32.8 Å². The fraction of sp³-hybridized carbons (Fsp3) is 0.0625. The first-order valence-corrected chi connectivity index (χ1v) is 18.1. The van der Waals surface area contributed by atoms with E-state index in [-0.39, 0.29) is 11.8 Å². The van der Waals surface area contributed by atoms with Crippen LogP contribution in [0.15, 0.2) is 161 Å². The summed E-state index contributed by atoms with van der Waals surface area (Å²) >= 11 is 0. The number of allylic oxidation sites excluding steroid dienone is 1. The topological polar surface area (TPSA) is 65.0 Å². The molecule has 0 bridgehead atoms. The third-order valence-electron chi connectivity index (χ3n) is 10.8. The van der Waals surface area contributed by atoms with E-state index in [1.165, 1.54) is 10.8 Å². The Balaban J connectivity index is 1.16. The van der Waals surface area contributed by atoms with E-state index in [4.69, 9.17) is 23.8 Å². The highest BCUT2D eigenvalue weighted by Gasteiger charge is 2.34. The van der Waals surface area contributed by atoms with Crippen LogP contribution in [0.3, 0.4) is 0 Å². The molecule has 250 valence electrons. The SMILES string of the molecule is CC1C=Cc2oc3cccc(-c4ccc5oc6ccccc6c5c4)c3c2C1c1nc(-c2ccccc2)nc(-c2cc3ccccc3c3ccccc23)n1. The zero-order chi connectivity index (χ0) is 35.0. The molecular weight excluding hydrogens is 651 g/mol. The first kappa shape index (κ1) is 29.8. The van der Waals surface area contributed by atoms with Gasteiger partial charge in [-0.2, -0.15) is 0 Å². The van der Waals surface area contributed by atoms with E-state index in [1.807, 2.05) is 30.3 Å². The minimum Gasteiger partial charge on any atom is -0.456 e. The van der Waals surface area contributed by atoms with E-state index in [0.29, 0.717) is 11.6 Å². The molecule has 0 fully saturated rings. The highest BCUT2D eigenvalue weighted by atomic mass is 16.3. The molecule has 0 N–H and O–H groups in total. The molecule has 0 saturated heterocycles. The van der Waals surface area contributed by atoms with Gasteiger partial charge < -0.3 is 8.83 Å². The quantitative estimate of drug-likeness (QED) is 0.173. The maximum absolute atomic E-state index is 6.65. The van der Waals surface area contributed by atoms with Crippen molar-refractivity contribution in [2.45, 2.75) is 12.8 Å². The van der Waals surface area contributed by atoms with Crippen molar-refractivity contribution < 1.29 is 8.83 Å². The molecule has 2 atom stereocenters. The first-order chi connectivity index (χ1) is 26.2. The molecule has 2 unspecified atom stereocenters. The molecular formula is C48H31N3O2. The van der Waals surface area contributed by atoms with Crippen LogP contribution >= 0.6 is 0 Å². The Morgan fingerprint density at radius 2 is 1.21 bits per heavy atom. The predicted octanol–water partition coefficient (Wildman–Crippen LogP) is 12.6. The lowest BCUT2D eigenvalue weighted by molar-refractivity contribution is 0.545. The molecule has 11 rings (SSSR count). The van der Waals surface area contributed by atoms with Crippen LogP contribution in [0.1, 0.15) is 30.0 Å². The number of hydrogen-bond acceptors (Lipinski definition) is 5. The van der Waals surface area contributed by atoms with Gasteiger partial charge in [-0.25, -0.2) is 15.0 Å². The molecule has 0 radical (unpaired) electrons. The number of nitrogens with zero attached hydrogens (tertiary/aromatic N) is 3. The van der Waals surface area contributed by atoms with Crippen LogP contribution in [0.5, 0.6) is 0 Å².